The topological polar surface area (TPSA) is 77.2 Å². The van der Waals surface area contributed by atoms with Crippen LogP contribution in [0.25, 0.3) is 0 Å². The lowest BCUT2D eigenvalue weighted by Crippen LogP contribution is -2.08. The van der Waals surface area contributed by atoms with Crippen molar-refractivity contribution in [2.75, 3.05) is 18.2 Å². The molecule has 0 atom stereocenters. The summed E-state index contributed by atoms with van der Waals surface area (Å²) in [4.78, 5) is 15.6. The van der Waals surface area contributed by atoms with Crippen molar-refractivity contribution in [3.05, 3.63) is 45.5 Å². The van der Waals surface area contributed by atoms with E-state index in [1.165, 1.54) is 13.2 Å². The molecule has 7 heteroatoms. The molecule has 0 bridgehead atoms. The van der Waals surface area contributed by atoms with E-state index in [9.17, 15) is 4.79 Å². The van der Waals surface area contributed by atoms with Gasteiger partial charge in [0, 0.05) is 4.47 Å². The molecule has 0 spiro atoms. The highest BCUT2D eigenvalue weighted by atomic mass is 79.9. The van der Waals surface area contributed by atoms with Crippen molar-refractivity contribution in [1.29, 1.82) is 0 Å². The summed E-state index contributed by atoms with van der Waals surface area (Å²) >= 11 is 9.44. The van der Waals surface area contributed by atoms with Crippen molar-refractivity contribution >= 4 is 50.7 Å². The molecule has 2 rings (SSSR count). The Hall–Kier alpha value is -1.79. The first-order chi connectivity index (χ1) is 9.51. The summed E-state index contributed by atoms with van der Waals surface area (Å²) < 4.78 is 5.47. The number of hydrogen-bond donors (Lipinski definition) is 2. The fourth-order valence-electron chi connectivity index (χ4n) is 1.51. The van der Waals surface area contributed by atoms with Gasteiger partial charge in [0.25, 0.3) is 0 Å². The van der Waals surface area contributed by atoms with Crippen LogP contribution in [0.15, 0.2) is 34.8 Å². The minimum Gasteiger partial charge on any atom is -0.464 e. The van der Waals surface area contributed by atoms with E-state index in [4.69, 9.17) is 17.3 Å². The number of pyridine rings is 1. The van der Waals surface area contributed by atoms with E-state index in [1.807, 2.05) is 6.07 Å². The van der Waals surface area contributed by atoms with Crippen molar-refractivity contribution in [2.45, 2.75) is 0 Å². The summed E-state index contributed by atoms with van der Waals surface area (Å²) in [5.41, 5.74) is 7.02. The quantitative estimate of drug-likeness (QED) is 0.822. The molecule has 0 saturated heterocycles. The first kappa shape index (κ1) is 14.6. The molecule has 5 nitrogen and oxygen atoms in total. The van der Waals surface area contributed by atoms with Gasteiger partial charge in [0.05, 0.1) is 23.5 Å². The van der Waals surface area contributed by atoms with Crippen LogP contribution in [0.5, 0.6) is 0 Å². The first-order valence-corrected chi connectivity index (χ1v) is 6.75. The van der Waals surface area contributed by atoms with Gasteiger partial charge in [-0.1, -0.05) is 27.5 Å². The van der Waals surface area contributed by atoms with Gasteiger partial charge < -0.3 is 15.8 Å². The Kier molecular flexibility index (Phi) is 4.46. The second kappa shape index (κ2) is 6.11. The summed E-state index contributed by atoms with van der Waals surface area (Å²) in [6, 6.07) is 8.40. The standard InChI is InChI=1S/C13H11BrClN3O2/c1-20-13(19)10-5-4-9(16)12(17-10)18-11-6-7(14)2-3-8(11)15/h2-6H,16H2,1H3,(H,17,18). The lowest BCUT2D eigenvalue weighted by Gasteiger charge is -2.11. The van der Waals surface area contributed by atoms with E-state index < -0.39 is 5.97 Å². The predicted molar refractivity (Wildman–Crippen MR) is 82.4 cm³/mol. The molecule has 0 aliphatic heterocycles. The van der Waals surface area contributed by atoms with Crippen LogP contribution in [-0.2, 0) is 4.74 Å². The molecule has 0 aliphatic rings. The number of carbonyl (C=O) groups is 1. The number of hydrogen-bond acceptors (Lipinski definition) is 5. The number of nitrogens with one attached hydrogen (secondary N) is 1. The zero-order valence-corrected chi connectivity index (χ0v) is 12.8. The fourth-order valence-corrected chi connectivity index (χ4v) is 2.04. The molecule has 1 aromatic carbocycles. The lowest BCUT2D eigenvalue weighted by atomic mass is 10.3. The minimum absolute atomic E-state index is 0.162. The van der Waals surface area contributed by atoms with Crippen molar-refractivity contribution in [1.82, 2.24) is 4.98 Å². The molecule has 1 aromatic heterocycles. The number of nitrogen functional groups attached to an aromatic ring is 1. The van der Waals surface area contributed by atoms with Crippen molar-refractivity contribution in [3.63, 3.8) is 0 Å². The number of nitrogens with two attached hydrogens (primary N) is 1. The first-order valence-electron chi connectivity index (χ1n) is 5.58. The van der Waals surface area contributed by atoms with Gasteiger partial charge in [-0.2, -0.15) is 0 Å². The Morgan fingerprint density at radius 3 is 2.85 bits per heavy atom. The zero-order chi connectivity index (χ0) is 14.7. The van der Waals surface area contributed by atoms with Crippen LogP contribution in [0.2, 0.25) is 5.02 Å². The normalized spacial score (nSPS) is 10.2. The number of nitrogens with zero attached hydrogens (tertiary/aromatic N) is 1. The maximum absolute atomic E-state index is 11.5. The molecule has 0 unspecified atom stereocenters. The van der Waals surface area contributed by atoms with Crippen LogP contribution >= 0.6 is 27.5 Å². The smallest absolute Gasteiger partial charge is 0.356 e. The third kappa shape index (κ3) is 3.20. The lowest BCUT2D eigenvalue weighted by molar-refractivity contribution is 0.0594. The Morgan fingerprint density at radius 2 is 2.15 bits per heavy atom. The van der Waals surface area contributed by atoms with Crippen molar-refractivity contribution in [3.8, 4) is 0 Å². The molecular formula is C13H11BrClN3O2. The van der Waals surface area contributed by atoms with Gasteiger partial charge in [-0.05, 0) is 30.3 Å². The van der Waals surface area contributed by atoms with Gasteiger partial charge >= 0.3 is 5.97 Å². The van der Waals surface area contributed by atoms with Crippen LogP contribution < -0.4 is 11.1 Å². The van der Waals surface area contributed by atoms with E-state index in [-0.39, 0.29) is 5.69 Å². The molecule has 0 fully saturated rings. The van der Waals surface area contributed by atoms with Gasteiger partial charge in [0.15, 0.2) is 11.5 Å². The van der Waals surface area contributed by atoms with Gasteiger partial charge in [-0.15, -0.1) is 0 Å². The van der Waals surface area contributed by atoms with E-state index >= 15 is 0 Å². The number of carbonyl (C=O) groups excluding carboxylic acids is 1. The molecule has 3 N–H and O–H groups in total. The van der Waals surface area contributed by atoms with Gasteiger partial charge in [-0.25, -0.2) is 9.78 Å². The number of methoxy groups -OCH3 is 1. The Labute approximate surface area is 129 Å². The Morgan fingerprint density at radius 1 is 1.40 bits per heavy atom. The average Bonchev–Trinajstić information content (AvgIpc) is 2.44. The predicted octanol–water partition coefficient (Wildman–Crippen LogP) is 3.61. The van der Waals surface area contributed by atoms with E-state index in [0.717, 1.165) is 4.47 Å². The summed E-state index contributed by atoms with van der Waals surface area (Å²) in [5, 5.41) is 3.51. The second-order valence-electron chi connectivity index (χ2n) is 3.88. The van der Waals surface area contributed by atoms with E-state index in [1.54, 1.807) is 18.2 Å². The molecule has 1 heterocycles. The number of anilines is 3. The van der Waals surface area contributed by atoms with E-state index in [0.29, 0.717) is 22.2 Å². The fraction of sp³-hybridized carbons (Fsp3) is 0.0769. The summed E-state index contributed by atoms with van der Waals surface area (Å²) in [5.74, 6) is -0.193. The Bertz CT molecular complexity index is 664. The van der Waals surface area contributed by atoms with Crippen LogP contribution in [0.1, 0.15) is 10.5 Å². The van der Waals surface area contributed by atoms with Crippen molar-refractivity contribution < 1.29 is 9.53 Å². The summed E-state index contributed by atoms with van der Waals surface area (Å²) in [6.07, 6.45) is 0. The number of halogens is 2. The second-order valence-corrected chi connectivity index (χ2v) is 5.20. The largest absolute Gasteiger partial charge is 0.464 e. The number of ether oxygens (including phenoxy) is 1. The SMILES string of the molecule is COC(=O)c1ccc(N)c(Nc2cc(Br)ccc2Cl)n1. The molecular weight excluding hydrogens is 346 g/mol. The molecule has 0 saturated carbocycles. The number of esters is 1. The van der Waals surface area contributed by atoms with Crippen molar-refractivity contribution in [2.24, 2.45) is 0 Å². The maximum atomic E-state index is 11.5. The summed E-state index contributed by atoms with van der Waals surface area (Å²) in [6.45, 7) is 0. The highest BCUT2D eigenvalue weighted by Gasteiger charge is 2.11. The number of rotatable bonds is 3. The highest BCUT2D eigenvalue weighted by Crippen LogP contribution is 2.30. The molecule has 0 amide bonds. The average molecular weight is 357 g/mol. The zero-order valence-electron chi connectivity index (χ0n) is 10.5. The molecule has 2 aromatic rings. The molecule has 0 radical (unpaired) electrons. The molecule has 104 valence electrons. The van der Waals surface area contributed by atoms with Crippen LogP contribution in [0.3, 0.4) is 0 Å². The van der Waals surface area contributed by atoms with Gasteiger partial charge in [-0.3, -0.25) is 0 Å². The monoisotopic (exact) mass is 355 g/mol. The highest BCUT2D eigenvalue weighted by molar-refractivity contribution is 9.10. The third-order valence-corrected chi connectivity index (χ3v) is 3.33. The van der Waals surface area contributed by atoms with Crippen LogP contribution in [0.4, 0.5) is 17.2 Å². The number of aromatic nitrogens is 1. The number of benzene rings is 1. The van der Waals surface area contributed by atoms with Gasteiger partial charge in [0.1, 0.15) is 0 Å². The third-order valence-electron chi connectivity index (χ3n) is 2.50. The minimum atomic E-state index is -0.534. The van der Waals surface area contributed by atoms with E-state index in [2.05, 4.69) is 31.0 Å². The summed E-state index contributed by atoms with van der Waals surface area (Å²) in [7, 11) is 1.29. The van der Waals surface area contributed by atoms with Crippen LogP contribution in [-0.4, -0.2) is 18.1 Å². The maximum Gasteiger partial charge on any atom is 0.356 e. The van der Waals surface area contributed by atoms with Gasteiger partial charge in [0.2, 0.25) is 0 Å². The molecule has 20 heavy (non-hydrogen) atoms. The molecule has 0 aliphatic carbocycles. The van der Waals surface area contributed by atoms with Crippen LogP contribution in [0, 0.1) is 0 Å². The Balaban J connectivity index is 2.37.